The Hall–Kier alpha value is -1.12. The number of hydrogen-bond donors (Lipinski definition) is 2. The molecule has 0 aliphatic carbocycles. The average Bonchev–Trinajstić information content (AvgIpc) is 2.39. The molecule has 1 aromatic carbocycles. The number of methoxy groups -OCH3 is 1. The number of sulfonamides is 1. The van der Waals surface area contributed by atoms with Gasteiger partial charge >= 0.3 is 0 Å². The fourth-order valence-electron chi connectivity index (χ4n) is 1.30. The first-order valence-electron chi connectivity index (χ1n) is 5.42. The van der Waals surface area contributed by atoms with Crippen molar-refractivity contribution in [1.29, 1.82) is 0 Å². The van der Waals surface area contributed by atoms with Crippen LogP contribution in [0.5, 0.6) is 5.75 Å². The van der Waals surface area contributed by atoms with Crippen LogP contribution >= 0.6 is 15.9 Å². The fraction of sp³-hybridized carbons (Fsp3) is 0.364. The minimum Gasteiger partial charge on any atom is -0.497 e. The number of carbonyl (C=O) groups is 1. The summed E-state index contributed by atoms with van der Waals surface area (Å²) in [6.45, 7) is 0.0334. The summed E-state index contributed by atoms with van der Waals surface area (Å²) in [4.78, 5) is 11.9. The van der Waals surface area contributed by atoms with Crippen molar-refractivity contribution in [2.45, 2.75) is 0 Å². The second kappa shape index (κ2) is 6.88. The maximum Gasteiger partial charge on any atom is 0.252 e. The number of amides is 1. The summed E-state index contributed by atoms with van der Waals surface area (Å²) in [7, 11) is -0.488. The van der Waals surface area contributed by atoms with Gasteiger partial charge in [0.2, 0.25) is 10.0 Å². The molecular formula is C11H15BrN2O4S. The average molecular weight is 351 g/mol. The molecule has 0 atom stereocenters. The smallest absolute Gasteiger partial charge is 0.252 e. The van der Waals surface area contributed by atoms with Gasteiger partial charge in [-0.15, -0.1) is 0 Å². The lowest BCUT2D eigenvalue weighted by molar-refractivity contribution is 0.0955. The van der Waals surface area contributed by atoms with Gasteiger partial charge in [-0.1, -0.05) is 0 Å². The zero-order valence-electron chi connectivity index (χ0n) is 10.6. The second-order valence-electron chi connectivity index (χ2n) is 3.62. The second-order valence-corrected chi connectivity index (χ2v) is 6.53. The van der Waals surface area contributed by atoms with E-state index in [0.717, 1.165) is 0 Å². The summed E-state index contributed by atoms with van der Waals surface area (Å²) >= 11 is 3.26. The van der Waals surface area contributed by atoms with E-state index < -0.39 is 10.0 Å². The van der Waals surface area contributed by atoms with Gasteiger partial charge < -0.3 is 10.1 Å². The Kier molecular flexibility index (Phi) is 5.77. The highest BCUT2D eigenvalue weighted by atomic mass is 79.9. The molecule has 0 spiro atoms. The predicted molar refractivity (Wildman–Crippen MR) is 75.9 cm³/mol. The number of rotatable bonds is 6. The van der Waals surface area contributed by atoms with E-state index in [9.17, 15) is 13.2 Å². The molecule has 1 amide bonds. The first kappa shape index (κ1) is 15.9. The monoisotopic (exact) mass is 350 g/mol. The van der Waals surface area contributed by atoms with E-state index in [4.69, 9.17) is 4.74 Å². The van der Waals surface area contributed by atoms with Crippen molar-refractivity contribution >= 4 is 31.9 Å². The molecule has 1 aromatic rings. The number of nitrogens with one attached hydrogen (secondary N) is 2. The van der Waals surface area contributed by atoms with Gasteiger partial charge in [0.1, 0.15) is 5.75 Å². The van der Waals surface area contributed by atoms with E-state index in [1.807, 2.05) is 0 Å². The molecule has 106 valence electrons. The van der Waals surface area contributed by atoms with Crippen molar-refractivity contribution in [3.05, 3.63) is 28.2 Å². The van der Waals surface area contributed by atoms with Crippen molar-refractivity contribution in [2.75, 3.05) is 26.5 Å². The van der Waals surface area contributed by atoms with Gasteiger partial charge in [0, 0.05) is 11.0 Å². The van der Waals surface area contributed by atoms with Gasteiger partial charge in [-0.2, -0.15) is 0 Å². The molecule has 0 saturated carbocycles. The third kappa shape index (κ3) is 4.81. The van der Waals surface area contributed by atoms with Gasteiger partial charge in [-0.3, -0.25) is 4.79 Å². The van der Waals surface area contributed by atoms with Crippen LogP contribution in [0.4, 0.5) is 0 Å². The third-order valence-corrected chi connectivity index (χ3v) is 4.44. The summed E-state index contributed by atoms with van der Waals surface area (Å²) in [5, 5.41) is 2.54. The zero-order valence-corrected chi connectivity index (χ0v) is 13.0. The Bertz CT molecular complexity index is 560. The van der Waals surface area contributed by atoms with E-state index in [-0.39, 0.29) is 18.2 Å². The van der Waals surface area contributed by atoms with Crippen molar-refractivity contribution in [1.82, 2.24) is 10.0 Å². The highest BCUT2D eigenvalue weighted by Crippen LogP contribution is 2.22. The van der Waals surface area contributed by atoms with Crippen LogP contribution in [-0.4, -0.2) is 40.8 Å². The highest BCUT2D eigenvalue weighted by Gasteiger charge is 2.13. The van der Waals surface area contributed by atoms with Crippen molar-refractivity contribution in [3.8, 4) is 5.75 Å². The SMILES string of the molecule is CNS(=O)(=O)CCNC(=O)c1cc(OC)ccc1Br. The Morgan fingerprint density at radius 2 is 2.11 bits per heavy atom. The van der Waals surface area contributed by atoms with E-state index in [1.165, 1.54) is 14.2 Å². The predicted octanol–water partition coefficient (Wildman–Crippen LogP) is 0.737. The number of halogens is 1. The van der Waals surface area contributed by atoms with Crippen LogP contribution in [0.25, 0.3) is 0 Å². The molecule has 0 radical (unpaired) electrons. The van der Waals surface area contributed by atoms with E-state index in [1.54, 1.807) is 18.2 Å². The van der Waals surface area contributed by atoms with Crippen molar-refractivity contribution in [2.24, 2.45) is 0 Å². The van der Waals surface area contributed by atoms with Crippen LogP contribution in [0.3, 0.4) is 0 Å². The molecule has 0 aliphatic rings. The van der Waals surface area contributed by atoms with Gasteiger partial charge in [-0.25, -0.2) is 13.1 Å². The Morgan fingerprint density at radius 3 is 2.68 bits per heavy atom. The molecular weight excluding hydrogens is 336 g/mol. The molecule has 0 aromatic heterocycles. The summed E-state index contributed by atoms with van der Waals surface area (Å²) < 4.78 is 30.2. The molecule has 2 N–H and O–H groups in total. The van der Waals surface area contributed by atoms with Crippen LogP contribution in [0.1, 0.15) is 10.4 Å². The zero-order chi connectivity index (χ0) is 14.5. The van der Waals surface area contributed by atoms with Crippen LogP contribution in [0, 0.1) is 0 Å². The Morgan fingerprint density at radius 1 is 1.42 bits per heavy atom. The third-order valence-electron chi connectivity index (χ3n) is 2.39. The number of carbonyl (C=O) groups excluding carboxylic acids is 1. The van der Waals surface area contributed by atoms with Crippen LogP contribution in [0.2, 0.25) is 0 Å². The molecule has 1 rings (SSSR count). The van der Waals surface area contributed by atoms with Crippen molar-refractivity contribution in [3.63, 3.8) is 0 Å². The Balaban J connectivity index is 2.68. The molecule has 0 heterocycles. The quantitative estimate of drug-likeness (QED) is 0.792. The molecule has 8 heteroatoms. The standard InChI is InChI=1S/C11H15BrN2O4S/c1-13-19(16,17)6-5-14-11(15)9-7-8(18-2)3-4-10(9)12/h3-4,7,13H,5-6H2,1-2H3,(H,14,15). The molecule has 0 bridgehead atoms. The summed E-state index contributed by atoms with van der Waals surface area (Å²) in [6.07, 6.45) is 0. The highest BCUT2D eigenvalue weighted by molar-refractivity contribution is 9.10. The Labute approximate surface area is 120 Å². The molecule has 0 fully saturated rings. The van der Waals surface area contributed by atoms with Crippen molar-refractivity contribution < 1.29 is 17.9 Å². The summed E-state index contributed by atoms with van der Waals surface area (Å²) in [6, 6.07) is 4.98. The van der Waals surface area contributed by atoms with E-state index >= 15 is 0 Å². The largest absolute Gasteiger partial charge is 0.497 e. The summed E-state index contributed by atoms with van der Waals surface area (Å²) in [5.74, 6) is 0.0184. The lowest BCUT2D eigenvalue weighted by Crippen LogP contribution is -2.33. The summed E-state index contributed by atoms with van der Waals surface area (Å²) in [5.41, 5.74) is 0.390. The first-order chi connectivity index (χ1) is 8.89. The number of benzene rings is 1. The lowest BCUT2D eigenvalue weighted by atomic mass is 10.2. The van der Waals surface area contributed by atoms with E-state index in [2.05, 4.69) is 26.0 Å². The maximum absolute atomic E-state index is 11.9. The maximum atomic E-state index is 11.9. The normalized spacial score (nSPS) is 11.1. The fourth-order valence-corrected chi connectivity index (χ4v) is 2.30. The van der Waals surface area contributed by atoms with Gasteiger partial charge in [0.05, 0.1) is 18.4 Å². The van der Waals surface area contributed by atoms with Gasteiger partial charge in [0.15, 0.2) is 0 Å². The number of ether oxygens (including phenoxy) is 1. The topological polar surface area (TPSA) is 84.5 Å². The van der Waals surface area contributed by atoms with Gasteiger partial charge in [0.25, 0.3) is 5.91 Å². The molecule has 0 unspecified atom stereocenters. The number of hydrogen-bond acceptors (Lipinski definition) is 4. The molecule has 0 aliphatic heterocycles. The molecule has 19 heavy (non-hydrogen) atoms. The molecule has 0 saturated heterocycles. The minimum atomic E-state index is -3.32. The van der Waals surface area contributed by atoms with Gasteiger partial charge in [-0.05, 0) is 41.2 Å². The van der Waals surface area contributed by atoms with Crippen LogP contribution in [-0.2, 0) is 10.0 Å². The molecule has 6 nitrogen and oxygen atoms in total. The minimum absolute atomic E-state index is 0.0334. The van der Waals surface area contributed by atoms with E-state index in [0.29, 0.717) is 15.8 Å². The first-order valence-corrected chi connectivity index (χ1v) is 7.87. The van der Waals surface area contributed by atoms with Crippen LogP contribution in [0.15, 0.2) is 22.7 Å². The lowest BCUT2D eigenvalue weighted by Gasteiger charge is -2.08. The van der Waals surface area contributed by atoms with Crippen LogP contribution < -0.4 is 14.8 Å².